The third-order valence-electron chi connectivity index (χ3n) is 3.56. The van der Waals surface area contributed by atoms with Gasteiger partial charge < -0.3 is 16.0 Å². The molecule has 1 aliphatic rings. The summed E-state index contributed by atoms with van der Waals surface area (Å²) < 4.78 is 0. The number of likely N-dealkylation sites (tertiary alicyclic amines) is 1. The van der Waals surface area contributed by atoms with E-state index in [1.807, 2.05) is 0 Å². The van der Waals surface area contributed by atoms with E-state index < -0.39 is 5.54 Å². The number of carbonyl (C=O) groups excluding carboxylic acids is 1. The predicted octanol–water partition coefficient (Wildman–Crippen LogP) is 0.716. The molecular formula is C12H25N3O. The minimum atomic E-state index is -0.458. The number of nitrogens with one attached hydrogen (secondary N) is 1. The number of nitrogens with zero attached hydrogens (tertiary/aromatic N) is 1. The van der Waals surface area contributed by atoms with Crippen LogP contribution in [-0.2, 0) is 4.79 Å². The monoisotopic (exact) mass is 227 g/mol. The first-order valence-electron chi connectivity index (χ1n) is 6.42. The molecule has 1 fully saturated rings. The Labute approximate surface area is 98.6 Å². The molecule has 1 unspecified atom stereocenters. The zero-order valence-corrected chi connectivity index (χ0v) is 10.6. The van der Waals surface area contributed by atoms with Gasteiger partial charge in [0, 0.05) is 6.54 Å². The Hall–Kier alpha value is -0.610. The molecule has 0 saturated carbocycles. The number of hydrogen-bond acceptors (Lipinski definition) is 3. The summed E-state index contributed by atoms with van der Waals surface area (Å²) in [5.41, 5.74) is 5.12. The molecule has 0 aromatic heterocycles. The quantitative estimate of drug-likeness (QED) is 0.727. The summed E-state index contributed by atoms with van der Waals surface area (Å²) in [5.74, 6) is -0.182. The van der Waals surface area contributed by atoms with Gasteiger partial charge in [-0.05, 0) is 45.3 Å². The molecule has 1 amide bonds. The number of amides is 1. The van der Waals surface area contributed by atoms with Crippen molar-refractivity contribution in [2.75, 3.05) is 26.2 Å². The molecule has 0 aromatic rings. The van der Waals surface area contributed by atoms with Gasteiger partial charge in [0.2, 0.25) is 5.91 Å². The molecule has 1 atom stereocenters. The van der Waals surface area contributed by atoms with Gasteiger partial charge in [-0.15, -0.1) is 0 Å². The summed E-state index contributed by atoms with van der Waals surface area (Å²) in [6.45, 7) is 8.25. The SMILES string of the molecule is CCCNC1(C(N)=O)CCCN(CC)CC1. The minimum absolute atomic E-state index is 0.182. The maximum atomic E-state index is 11.7. The zero-order chi connectivity index (χ0) is 12.0. The van der Waals surface area contributed by atoms with Gasteiger partial charge in [0.15, 0.2) is 0 Å². The van der Waals surface area contributed by atoms with Crippen molar-refractivity contribution in [3.8, 4) is 0 Å². The highest BCUT2D eigenvalue weighted by Gasteiger charge is 2.37. The lowest BCUT2D eigenvalue weighted by Crippen LogP contribution is -2.56. The Balaban J connectivity index is 2.65. The van der Waals surface area contributed by atoms with Crippen LogP contribution in [0, 0.1) is 0 Å². The molecule has 1 saturated heterocycles. The average Bonchev–Trinajstić information content (AvgIpc) is 2.49. The van der Waals surface area contributed by atoms with Crippen LogP contribution in [-0.4, -0.2) is 42.5 Å². The van der Waals surface area contributed by atoms with Gasteiger partial charge in [-0.3, -0.25) is 4.79 Å². The summed E-state index contributed by atoms with van der Waals surface area (Å²) in [6.07, 6.45) is 3.80. The van der Waals surface area contributed by atoms with Crippen LogP contribution in [0.3, 0.4) is 0 Å². The Morgan fingerprint density at radius 1 is 1.38 bits per heavy atom. The van der Waals surface area contributed by atoms with Crippen LogP contribution in [0.2, 0.25) is 0 Å². The highest BCUT2D eigenvalue weighted by molar-refractivity contribution is 5.84. The molecule has 0 spiro atoms. The maximum absolute atomic E-state index is 11.7. The fraction of sp³-hybridized carbons (Fsp3) is 0.917. The van der Waals surface area contributed by atoms with Gasteiger partial charge >= 0.3 is 0 Å². The Kier molecular flexibility index (Phi) is 5.22. The molecular weight excluding hydrogens is 202 g/mol. The van der Waals surface area contributed by atoms with Gasteiger partial charge in [-0.2, -0.15) is 0 Å². The van der Waals surface area contributed by atoms with Crippen molar-refractivity contribution in [1.29, 1.82) is 0 Å². The normalized spacial score (nSPS) is 27.6. The topological polar surface area (TPSA) is 58.4 Å². The van der Waals surface area contributed by atoms with E-state index >= 15 is 0 Å². The minimum Gasteiger partial charge on any atom is -0.368 e. The summed E-state index contributed by atoms with van der Waals surface area (Å²) >= 11 is 0. The van der Waals surface area contributed by atoms with Gasteiger partial charge in [0.05, 0.1) is 5.54 Å². The summed E-state index contributed by atoms with van der Waals surface area (Å²) in [5, 5.41) is 3.37. The zero-order valence-electron chi connectivity index (χ0n) is 10.6. The van der Waals surface area contributed by atoms with E-state index in [9.17, 15) is 4.79 Å². The van der Waals surface area contributed by atoms with Gasteiger partial charge in [0.25, 0.3) is 0 Å². The van der Waals surface area contributed by atoms with Crippen LogP contribution in [0.5, 0.6) is 0 Å². The van der Waals surface area contributed by atoms with Crippen LogP contribution < -0.4 is 11.1 Å². The van der Waals surface area contributed by atoms with E-state index in [1.165, 1.54) is 0 Å². The molecule has 0 radical (unpaired) electrons. The lowest BCUT2D eigenvalue weighted by molar-refractivity contribution is -0.125. The molecule has 3 N–H and O–H groups in total. The van der Waals surface area contributed by atoms with Crippen molar-refractivity contribution in [2.45, 2.75) is 45.1 Å². The molecule has 0 bridgehead atoms. The molecule has 1 rings (SSSR count). The second-order valence-corrected chi connectivity index (χ2v) is 4.66. The molecule has 1 heterocycles. The van der Waals surface area contributed by atoms with Gasteiger partial charge in [-0.1, -0.05) is 13.8 Å². The number of primary amides is 1. The summed E-state index contributed by atoms with van der Waals surface area (Å²) in [6, 6.07) is 0. The number of nitrogens with two attached hydrogens (primary N) is 1. The van der Waals surface area contributed by atoms with Crippen LogP contribution in [0.25, 0.3) is 0 Å². The lowest BCUT2D eigenvalue weighted by Gasteiger charge is -2.30. The van der Waals surface area contributed by atoms with E-state index in [0.29, 0.717) is 0 Å². The van der Waals surface area contributed by atoms with Crippen molar-refractivity contribution in [3.05, 3.63) is 0 Å². The Morgan fingerprint density at radius 3 is 2.69 bits per heavy atom. The van der Waals surface area contributed by atoms with Crippen LogP contribution in [0.15, 0.2) is 0 Å². The predicted molar refractivity (Wildman–Crippen MR) is 66.2 cm³/mol. The van der Waals surface area contributed by atoms with Gasteiger partial charge in [-0.25, -0.2) is 0 Å². The third-order valence-corrected chi connectivity index (χ3v) is 3.56. The fourth-order valence-corrected chi connectivity index (χ4v) is 2.38. The van der Waals surface area contributed by atoms with Gasteiger partial charge in [0.1, 0.15) is 0 Å². The van der Waals surface area contributed by atoms with Crippen LogP contribution in [0.4, 0.5) is 0 Å². The molecule has 4 heteroatoms. The van der Waals surface area contributed by atoms with Crippen molar-refractivity contribution in [3.63, 3.8) is 0 Å². The molecule has 94 valence electrons. The van der Waals surface area contributed by atoms with Crippen molar-refractivity contribution in [2.24, 2.45) is 5.73 Å². The first-order valence-corrected chi connectivity index (χ1v) is 6.42. The third kappa shape index (κ3) is 3.19. The first-order chi connectivity index (χ1) is 7.64. The Morgan fingerprint density at radius 2 is 2.12 bits per heavy atom. The van der Waals surface area contributed by atoms with E-state index in [2.05, 4.69) is 24.1 Å². The lowest BCUT2D eigenvalue weighted by atomic mass is 9.89. The van der Waals surface area contributed by atoms with Crippen molar-refractivity contribution in [1.82, 2.24) is 10.2 Å². The molecule has 0 aromatic carbocycles. The van der Waals surface area contributed by atoms with Crippen LogP contribution in [0.1, 0.15) is 39.5 Å². The number of carbonyl (C=O) groups is 1. The highest BCUT2D eigenvalue weighted by atomic mass is 16.1. The number of rotatable bonds is 5. The molecule has 0 aliphatic carbocycles. The maximum Gasteiger partial charge on any atom is 0.237 e. The fourth-order valence-electron chi connectivity index (χ4n) is 2.38. The van der Waals surface area contributed by atoms with Crippen molar-refractivity contribution >= 4 is 5.91 Å². The molecule has 4 nitrogen and oxygen atoms in total. The summed E-state index contributed by atoms with van der Waals surface area (Å²) in [7, 11) is 0. The average molecular weight is 227 g/mol. The molecule has 16 heavy (non-hydrogen) atoms. The highest BCUT2D eigenvalue weighted by Crippen LogP contribution is 2.22. The second-order valence-electron chi connectivity index (χ2n) is 4.66. The number of hydrogen-bond donors (Lipinski definition) is 2. The van der Waals surface area contributed by atoms with E-state index in [1.54, 1.807) is 0 Å². The smallest absolute Gasteiger partial charge is 0.237 e. The molecule has 1 aliphatic heterocycles. The Bertz CT molecular complexity index is 232. The second kappa shape index (κ2) is 6.21. The summed E-state index contributed by atoms with van der Waals surface area (Å²) in [4.78, 5) is 14.1. The largest absolute Gasteiger partial charge is 0.368 e. The van der Waals surface area contributed by atoms with E-state index in [0.717, 1.165) is 51.9 Å². The van der Waals surface area contributed by atoms with E-state index in [4.69, 9.17) is 5.73 Å². The first kappa shape index (κ1) is 13.5. The standard InChI is InChI=1S/C12H25N3O/c1-3-8-14-12(11(13)16)6-5-9-15(4-2)10-7-12/h14H,3-10H2,1-2H3,(H2,13,16). The van der Waals surface area contributed by atoms with Crippen molar-refractivity contribution < 1.29 is 4.79 Å². The van der Waals surface area contributed by atoms with E-state index in [-0.39, 0.29) is 5.91 Å². The van der Waals surface area contributed by atoms with Crippen LogP contribution >= 0.6 is 0 Å².